The molecule has 0 saturated heterocycles. The van der Waals surface area contributed by atoms with Gasteiger partial charge in [0.1, 0.15) is 5.75 Å². The van der Waals surface area contributed by atoms with E-state index in [1.54, 1.807) is 12.1 Å². The number of para-hydroxylation sites is 2. The summed E-state index contributed by atoms with van der Waals surface area (Å²) in [5.41, 5.74) is 2.53. The summed E-state index contributed by atoms with van der Waals surface area (Å²) in [6.07, 6.45) is 0. The lowest BCUT2D eigenvalue weighted by atomic mass is 10.2. The number of nitrogens with zero attached hydrogens (tertiary/aromatic N) is 3. The summed E-state index contributed by atoms with van der Waals surface area (Å²) in [6, 6.07) is 24.1. The molecule has 6 heteroatoms. The SMILES string of the molecule is CN(C(=Nc1ccccc1Br)Nc1ccc(C#N)cc1O)c1ccccc1. The number of aromatic hydroxyl groups is 1. The van der Waals surface area contributed by atoms with Gasteiger partial charge >= 0.3 is 0 Å². The van der Waals surface area contributed by atoms with Crippen molar-refractivity contribution < 1.29 is 5.11 Å². The van der Waals surface area contributed by atoms with E-state index in [0.717, 1.165) is 15.8 Å². The van der Waals surface area contributed by atoms with E-state index in [4.69, 9.17) is 10.3 Å². The first-order valence-electron chi connectivity index (χ1n) is 8.20. The van der Waals surface area contributed by atoms with E-state index in [1.807, 2.05) is 72.6 Å². The molecule has 3 rings (SSSR count). The second-order valence-corrected chi connectivity index (χ2v) is 6.60. The Bertz CT molecular complexity index is 1010. The van der Waals surface area contributed by atoms with Gasteiger partial charge in [-0.25, -0.2) is 4.99 Å². The number of nitrogens with one attached hydrogen (secondary N) is 1. The van der Waals surface area contributed by atoms with Crippen LogP contribution in [0.5, 0.6) is 5.75 Å². The van der Waals surface area contributed by atoms with Crippen LogP contribution in [-0.4, -0.2) is 18.1 Å². The fourth-order valence-corrected chi connectivity index (χ4v) is 2.82. The molecule has 0 spiro atoms. The van der Waals surface area contributed by atoms with Crippen LogP contribution < -0.4 is 10.2 Å². The first-order chi connectivity index (χ1) is 13.1. The minimum atomic E-state index is -0.0182. The van der Waals surface area contributed by atoms with E-state index < -0.39 is 0 Å². The molecule has 2 N–H and O–H groups in total. The fraction of sp³-hybridized carbons (Fsp3) is 0.0476. The summed E-state index contributed by atoms with van der Waals surface area (Å²) in [5.74, 6) is 0.503. The quantitative estimate of drug-likeness (QED) is 0.344. The predicted molar refractivity (Wildman–Crippen MR) is 113 cm³/mol. The molecule has 0 heterocycles. The summed E-state index contributed by atoms with van der Waals surface area (Å²) >= 11 is 3.51. The molecule has 3 aromatic rings. The molecule has 0 saturated carbocycles. The number of rotatable bonds is 3. The highest BCUT2D eigenvalue weighted by atomic mass is 79.9. The molecule has 0 atom stereocenters. The summed E-state index contributed by atoms with van der Waals surface area (Å²) in [5, 5.41) is 22.4. The minimum absolute atomic E-state index is 0.0182. The zero-order chi connectivity index (χ0) is 19.2. The van der Waals surface area contributed by atoms with Crippen LogP contribution in [-0.2, 0) is 0 Å². The van der Waals surface area contributed by atoms with Crippen LogP contribution in [0.15, 0.2) is 82.3 Å². The monoisotopic (exact) mass is 420 g/mol. The number of aliphatic imine (C=N–C) groups is 1. The van der Waals surface area contributed by atoms with Gasteiger partial charge in [-0.1, -0.05) is 30.3 Å². The van der Waals surface area contributed by atoms with Crippen molar-refractivity contribution >= 4 is 39.0 Å². The number of anilines is 2. The Hall–Kier alpha value is -3.30. The number of hydrogen-bond donors (Lipinski definition) is 2. The predicted octanol–water partition coefficient (Wildman–Crippen LogP) is 5.26. The number of nitriles is 1. The summed E-state index contributed by atoms with van der Waals surface area (Å²) in [7, 11) is 1.89. The van der Waals surface area contributed by atoms with Gasteiger partial charge < -0.3 is 15.3 Å². The maximum Gasteiger partial charge on any atom is 0.208 e. The number of phenols is 1. The van der Waals surface area contributed by atoms with Crippen LogP contribution in [0.25, 0.3) is 0 Å². The molecule has 0 fully saturated rings. The molecular formula is C21H17BrN4O. The molecule has 0 unspecified atom stereocenters. The van der Waals surface area contributed by atoms with Gasteiger partial charge in [0.2, 0.25) is 5.96 Å². The third-order valence-corrected chi connectivity index (χ3v) is 4.58. The first-order valence-corrected chi connectivity index (χ1v) is 9.00. The van der Waals surface area contributed by atoms with Crippen molar-refractivity contribution in [2.45, 2.75) is 0 Å². The second kappa shape index (κ2) is 8.39. The smallest absolute Gasteiger partial charge is 0.208 e. The molecule has 3 aromatic carbocycles. The molecule has 0 bridgehead atoms. The number of halogens is 1. The lowest BCUT2D eigenvalue weighted by molar-refractivity contribution is 0.477. The Balaban J connectivity index is 2.02. The maximum atomic E-state index is 10.2. The van der Waals surface area contributed by atoms with Crippen LogP contribution in [0.4, 0.5) is 17.1 Å². The van der Waals surface area contributed by atoms with E-state index in [1.165, 1.54) is 6.07 Å². The molecule has 0 radical (unpaired) electrons. The molecule has 5 nitrogen and oxygen atoms in total. The lowest BCUT2D eigenvalue weighted by Gasteiger charge is -2.23. The zero-order valence-corrected chi connectivity index (χ0v) is 16.2. The third-order valence-electron chi connectivity index (χ3n) is 3.91. The highest BCUT2D eigenvalue weighted by Crippen LogP contribution is 2.28. The van der Waals surface area contributed by atoms with Crippen molar-refractivity contribution in [1.82, 2.24) is 0 Å². The van der Waals surface area contributed by atoms with Gasteiger partial charge in [0.05, 0.1) is 23.0 Å². The number of phenolic OH excluding ortho intramolecular Hbond substituents is 1. The number of benzene rings is 3. The fourth-order valence-electron chi connectivity index (χ4n) is 2.44. The highest BCUT2D eigenvalue weighted by Gasteiger charge is 2.13. The van der Waals surface area contributed by atoms with E-state index in [-0.39, 0.29) is 5.75 Å². The van der Waals surface area contributed by atoms with E-state index in [0.29, 0.717) is 17.2 Å². The standard InChI is InChI=1S/C21H17BrN4O/c1-26(16-7-3-2-4-8-16)21(24-18-10-6-5-9-17(18)22)25-19-12-11-15(14-23)13-20(19)27/h2-13,27H,1H3,(H,24,25). The number of guanidine groups is 1. The van der Waals surface area contributed by atoms with Gasteiger partial charge in [-0.05, 0) is 58.4 Å². The first kappa shape index (κ1) is 18.5. The molecular weight excluding hydrogens is 404 g/mol. The van der Waals surface area contributed by atoms with Gasteiger partial charge in [0, 0.05) is 17.2 Å². The van der Waals surface area contributed by atoms with Gasteiger partial charge in [-0.3, -0.25) is 0 Å². The number of hydrogen-bond acceptors (Lipinski definition) is 3. The topological polar surface area (TPSA) is 71.7 Å². The Kier molecular flexibility index (Phi) is 5.74. The molecule has 134 valence electrons. The third kappa shape index (κ3) is 4.46. The lowest BCUT2D eigenvalue weighted by Crippen LogP contribution is -2.32. The summed E-state index contributed by atoms with van der Waals surface area (Å²) < 4.78 is 0.856. The van der Waals surface area contributed by atoms with Crippen LogP contribution >= 0.6 is 15.9 Å². The van der Waals surface area contributed by atoms with Crippen molar-refractivity contribution in [1.29, 1.82) is 5.26 Å². The van der Waals surface area contributed by atoms with Crippen LogP contribution in [0, 0.1) is 11.3 Å². The van der Waals surface area contributed by atoms with Crippen LogP contribution in [0.1, 0.15) is 5.56 Å². The van der Waals surface area contributed by atoms with Gasteiger partial charge in [0.15, 0.2) is 0 Å². The van der Waals surface area contributed by atoms with Gasteiger partial charge in [0.25, 0.3) is 0 Å². The van der Waals surface area contributed by atoms with Crippen molar-refractivity contribution in [3.8, 4) is 11.8 Å². The van der Waals surface area contributed by atoms with Gasteiger partial charge in [-0.15, -0.1) is 0 Å². The van der Waals surface area contributed by atoms with Crippen LogP contribution in [0.3, 0.4) is 0 Å². The van der Waals surface area contributed by atoms with Crippen LogP contribution in [0.2, 0.25) is 0 Å². The Morgan fingerprint density at radius 3 is 2.44 bits per heavy atom. The summed E-state index contributed by atoms with van der Waals surface area (Å²) in [6.45, 7) is 0. The highest BCUT2D eigenvalue weighted by molar-refractivity contribution is 9.10. The molecule has 0 aliphatic rings. The zero-order valence-electron chi connectivity index (χ0n) is 14.6. The molecule has 0 aromatic heterocycles. The van der Waals surface area contributed by atoms with Crippen molar-refractivity contribution in [3.05, 3.63) is 82.8 Å². The molecule has 0 aliphatic carbocycles. The van der Waals surface area contributed by atoms with Crippen molar-refractivity contribution in [2.24, 2.45) is 4.99 Å². The largest absolute Gasteiger partial charge is 0.506 e. The minimum Gasteiger partial charge on any atom is -0.506 e. The Morgan fingerprint density at radius 1 is 1.07 bits per heavy atom. The van der Waals surface area contributed by atoms with Crippen molar-refractivity contribution in [3.63, 3.8) is 0 Å². The van der Waals surface area contributed by atoms with Gasteiger partial charge in [-0.2, -0.15) is 5.26 Å². The molecule has 0 amide bonds. The Labute approximate surface area is 166 Å². The average molecular weight is 421 g/mol. The van der Waals surface area contributed by atoms with E-state index in [9.17, 15) is 5.11 Å². The van der Waals surface area contributed by atoms with E-state index in [2.05, 4.69) is 21.2 Å². The van der Waals surface area contributed by atoms with Crippen molar-refractivity contribution in [2.75, 3.05) is 17.3 Å². The average Bonchev–Trinajstić information content (AvgIpc) is 2.70. The molecule has 0 aliphatic heterocycles. The van der Waals surface area contributed by atoms with E-state index >= 15 is 0 Å². The second-order valence-electron chi connectivity index (χ2n) is 5.75. The molecule has 27 heavy (non-hydrogen) atoms. The maximum absolute atomic E-state index is 10.2. The normalized spacial score (nSPS) is 10.9. The summed E-state index contributed by atoms with van der Waals surface area (Å²) in [4.78, 5) is 6.61. The Morgan fingerprint density at radius 2 is 1.78 bits per heavy atom.